The highest BCUT2D eigenvalue weighted by molar-refractivity contribution is 7.92. The number of esters is 1. The smallest absolute Gasteiger partial charge is 0.328 e. The van der Waals surface area contributed by atoms with Crippen LogP contribution in [0.5, 0.6) is 0 Å². The Balaban J connectivity index is 2.73. The van der Waals surface area contributed by atoms with Crippen molar-refractivity contribution < 1.29 is 22.7 Å². The van der Waals surface area contributed by atoms with Gasteiger partial charge >= 0.3 is 5.97 Å². The molecule has 1 aromatic carbocycles. The Kier molecular flexibility index (Phi) is 5.09. The van der Waals surface area contributed by atoms with Crippen LogP contribution >= 0.6 is 0 Å². The van der Waals surface area contributed by atoms with Crippen molar-refractivity contribution in [2.45, 2.75) is 13.0 Å². The minimum Gasteiger partial charge on any atom is -0.467 e. The largest absolute Gasteiger partial charge is 0.467 e. The molecule has 1 unspecified atom stereocenters. The molecule has 1 amide bonds. The van der Waals surface area contributed by atoms with Crippen LogP contribution in [0.3, 0.4) is 0 Å². The summed E-state index contributed by atoms with van der Waals surface area (Å²) < 4.78 is 28.8. The molecule has 1 aromatic rings. The molecule has 1 atom stereocenters. The van der Waals surface area contributed by atoms with Crippen LogP contribution in [0.15, 0.2) is 24.3 Å². The van der Waals surface area contributed by atoms with Gasteiger partial charge in [0, 0.05) is 11.3 Å². The van der Waals surface area contributed by atoms with Crippen LogP contribution in [-0.2, 0) is 19.6 Å². The van der Waals surface area contributed by atoms with E-state index < -0.39 is 27.9 Å². The number of carbonyl (C=O) groups excluding carboxylic acids is 2. The van der Waals surface area contributed by atoms with Crippen molar-refractivity contribution in [1.29, 1.82) is 0 Å². The molecule has 0 aliphatic carbocycles. The van der Waals surface area contributed by atoms with E-state index >= 15 is 0 Å². The lowest BCUT2D eigenvalue weighted by Gasteiger charge is -2.11. The van der Waals surface area contributed by atoms with Crippen LogP contribution in [0, 0.1) is 0 Å². The van der Waals surface area contributed by atoms with Crippen LogP contribution in [0.25, 0.3) is 0 Å². The van der Waals surface area contributed by atoms with Gasteiger partial charge < -0.3 is 10.1 Å². The zero-order chi connectivity index (χ0) is 15.3. The third-order valence-corrected chi connectivity index (χ3v) is 2.96. The summed E-state index contributed by atoms with van der Waals surface area (Å²) >= 11 is 0. The second-order valence-corrected chi connectivity index (χ2v) is 5.92. The van der Waals surface area contributed by atoms with Crippen molar-refractivity contribution >= 4 is 27.6 Å². The number of amides is 1. The van der Waals surface area contributed by atoms with E-state index in [9.17, 15) is 18.0 Å². The number of hydrogen-bond donors (Lipinski definition) is 2. The molecule has 0 heterocycles. The summed E-state index contributed by atoms with van der Waals surface area (Å²) in [4.78, 5) is 23.0. The molecule has 8 heteroatoms. The molecule has 0 radical (unpaired) electrons. The Bertz CT molecular complexity index is 595. The highest BCUT2D eigenvalue weighted by Gasteiger charge is 2.16. The lowest BCUT2D eigenvalue weighted by Crippen LogP contribution is -2.39. The average molecular weight is 300 g/mol. The maximum atomic E-state index is 11.8. The monoisotopic (exact) mass is 300 g/mol. The van der Waals surface area contributed by atoms with Crippen molar-refractivity contribution in [3.63, 3.8) is 0 Å². The number of ether oxygens (including phenoxy) is 1. The van der Waals surface area contributed by atoms with E-state index in [1.807, 2.05) is 0 Å². The molecular formula is C12H16N2O5S. The lowest BCUT2D eigenvalue weighted by atomic mass is 10.2. The second-order valence-electron chi connectivity index (χ2n) is 4.17. The van der Waals surface area contributed by atoms with Gasteiger partial charge in [-0.2, -0.15) is 0 Å². The summed E-state index contributed by atoms with van der Waals surface area (Å²) in [6.07, 6.45) is 1.03. The number of benzene rings is 1. The van der Waals surface area contributed by atoms with Gasteiger partial charge in [0.1, 0.15) is 6.04 Å². The molecule has 0 spiro atoms. The van der Waals surface area contributed by atoms with Crippen LogP contribution in [0.2, 0.25) is 0 Å². The number of nitrogens with one attached hydrogen (secondary N) is 2. The van der Waals surface area contributed by atoms with Crippen molar-refractivity contribution in [2.24, 2.45) is 0 Å². The minimum atomic E-state index is -3.36. The van der Waals surface area contributed by atoms with Crippen LogP contribution < -0.4 is 10.0 Å². The highest BCUT2D eigenvalue weighted by atomic mass is 32.2. The molecule has 0 fully saturated rings. The van der Waals surface area contributed by atoms with Gasteiger partial charge in [-0.3, -0.25) is 9.52 Å². The quantitative estimate of drug-likeness (QED) is 0.764. The molecule has 0 aromatic heterocycles. The van der Waals surface area contributed by atoms with Crippen molar-refractivity contribution in [3.05, 3.63) is 29.8 Å². The molecule has 0 aliphatic heterocycles. The molecule has 0 saturated heterocycles. The molecule has 0 saturated carbocycles. The summed E-state index contributed by atoms with van der Waals surface area (Å²) in [6, 6.07) is 5.05. The maximum Gasteiger partial charge on any atom is 0.328 e. The average Bonchev–Trinajstić information content (AvgIpc) is 2.36. The van der Waals surface area contributed by atoms with Gasteiger partial charge in [0.15, 0.2) is 0 Å². The molecule has 20 heavy (non-hydrogen) atoms. The zero-order valence-corrected chi connectivity index (χ0v) is 12.2. The SMILES string of the molecule is COC(=O)C(C)NC(=O)c1ccc(NS(C)(=O)=O)cc1. The first-order valence-corrected chi connectivity index (χ1v) is 7.58. The van der Waals surface area contributed by atoms with Crippen molar-refractivity contribution in [3.8, 4) is 0 Å². The summed E-state index contributed by atoms with van der Waals surface area (Å²) in [5.74, 6) is -0.998. The predicted octanol–water partition coefficient (Wildman–Crippen LogP) is 0.349. The Morgan fingerprint density at radius 2 is 1.75 bits per heavy atom. The number of rotatable bonds is 5. The molecule has 0 bridgehead atoms. The van der Waals surface area contributed by atoms with Crippen molar-refractivity contribution in [2.75, 3.05) is 18.1 Å². The Morgan fingerprint density at radius 1 is 1.20 bits per heavy atom. The van der Waals surface area contributed by atoms with Crippen LogP contribution in [0.1, 0.15) is 17.3 Å². The first-order valence-electron chi connectivity index (χ1n) is 5.69. The van der Waals surface area contributed by atoms with E-state index in [-0.39, 0.29) is 0 Å². The standard InChI is InChI=1S/C12H16N2O5S/c1-8(12(16)19-2)13-11(15)9-4-6-10(7-5-9)14-20(3,17)18/h4-8,14H,1-3H3,(H,13,15). The first-order chi connectivity index (χ1) is 9.23. The van der Waals surface area contributed by atoms with E-state index in [0.29, 0.717) is 11.3 Å². The number of methoxy groups -OCH3 is 1. The van der Waals surface area contributed by atoms with E-state index in [1.54, 1.807) is 0 Å². The fraction of sp³-hybridized carbons (Fsp3) is 0.333. The first kappa shape index (κ1) is 16.0. The molecule has 2 N–H and O–H groups in total. The van der Waals surface area contributed by atoms with Gasteiger partial charge in [0.2, 0.25) is 10.0 Å². The van der Waals surface area contributed by atoms with Gasteiger partial charge in [-0.25, -0.2) is 13.2 Å². The second kappa shape index (κ2) is 6.38. The molecule has 1 rings (SSSR count). The lowest BCUT2D eigenvalue weighted by molar-refractivity contribution is -0.142. The van der Waals surface area contributed by atoms with Gasteiger partial charge in [-0.15, -0.1) is 0 Å². The Labute approximate surface area is 117 Å². The van der Waals surface area contributed by atoms with Gasteiger partial charge in [-0.05, 0) is 31.2 Å². The molecular weight excluding hydrogens is 284 g/mol. The molecule has 7 nitrogen and oxygen atoms in total. The third kappa shape index (κ3) is 4.88. The number of sulfonamides is 1. The van der Waals surface area contributed by atoms with E-state index in [4.69, 9.17) is 0 Å². The fourth-order valence-corrected chi connectivity index (χ4v) is 1.98. The third-order valence-electron chi connectivity index (χ3n) is 2.35. The summed E-state index contributed by atoms with van der Waals surface area (Å²) in [7, 11) is -2.12. The van der Waals surface area contributed by atoms with E-state index in [2.05, 4.69) is 14.8 Å². The van der Waals surface area contributed by atoms with E-state index in [0.717, 1.165) is 6.26 Å². The summed E-state index contributed by atoms with van der Waals surface area (Å²) in [5.41, 5.74) is 0.657. The van der Waals surface area contributed by atoms with Crippen molar-refractivity contribution in [1.82, 2.24) is 5.32 Å². The molecule has 0 aliphatic rings. The summed E-state index contributed by atoms with van der Waals surface area (Å²) in [6.45, 7) is 1.50. The maximum absolute atomic E-state index is 11.8. The Morgan fingerprint density at radius 3 is 2.20 bits per heavy atom. The number of hydrogen-bond acceptors (Lipinski definition) is 5. The zero-order valence-electron chi connectivity index (χ0n) is 11.3. The predicted molar refractivity (Wildman–Crippen MR) is 73.9 cm³/mol. The van der Waals surface area contributed by atoms with Gasteiger partial charge in [-0.1, -0.05) is 0 Å². The number of anilines is 1. The highest BCUT2D eigenvalue weighted by Crippen LogP contribution is 2.11. The number of carbonyl (C=O) groups is 2. The topological polar surface area (TPSA) is 102 Å². The fourth-order valence-electron chi connectivity index (χ4n) is 1.42. The molecule has 110 valence electrons. The van der Waals surface area contributed by atoms with E-state index in [1.165, 1.54) is 38.3 Å². The van der Waals surface area contributed by atoms with Crippen LogP contribution in [0.4, 0.5) is 5.69 Å². The van der Waals surface area contributed by atoms with Gasteiger partial charge in [0.25, 0.3) is 5.91 Å². The summed E-state index contributed by atoms with van der Waals surface area (Å²) in [5, 5.41) is 2.46. The minimum absolute atomic E-state index is 0.305. The van der Waals surface area contributed by atoms with Crippen LogP contribution in [-0.4, -0.2) is 39.7 Å². The van der Waals surface area contributed by atoms with Gasteiger partial charge in [0.05, 0.1) is 13.4 Å². The Hall–Kier alpha value is -2.09. The normalized spacial score (nSPS) is 12.3.